The zero-order valence-corrected chi connectivity index (χ0v) is 13.9. The maximum atomic E-state index is 5.75. The van der Waals surface area contributed by atoms with E-state index in [2.05, 4.69) is 26.1 Å². The van der Waals surface area contributed by atoms with Crippen molar-refractivity contribution in [2.75, 3.05) is 13.2 Å². The second-order valence-corrected chi connectivity index (χ2v) is 7.33. The molecule has 2 rings (SSSR count). The molecule has 0 heterocycles. The number of nitrogens with one attached hydrogen (secondary N) is 1. The van der Waals surface area contributed by atoms with E-state index in [1.807, 2.05) is 30.3 Å². The maximum absolute atomic E-state index is 5.75. The minimum atomic E-state index is 0.415. The van der Waals surface area contributed by atoms with Crippen molar-refractivity contribution in [3.8, 4) is 5.75 Å². The summed E-state index contributed by atoms with van der Waals surface area (Å²) in [5, 5.41) is 3.78. The Morgan fingerprint density at radius 2 is 1.81 bits per heavy atom. The molecule has 2 nitrogen and oxygen atoms in total. The van der Waals surface area contributed by atoms with E-state index in [1.165, 1.54) is 25.7 Å². The van der Waals surface area contributed by atoms with Crippen LogP contribution in [0.25, 0.3) is 0 Å². The Morgan fingerprint density at radius 3 is 2.52 bits per heavy atom. The summed E-state index contributed by atoms with van der Waals surface area (Å²) >= 11 is 0. The van der Waals surface area contributed by atoms with E-state index >= 15 is 0 Å². The van der Waals surface area contributed by atoms with Crippen LogP contribution >= 0.6 is 0 Å². The Hall–Kier alpha value is -1.02. The summed E-state index contributed by atoms with van der Waals surface area (Å²) in [5.74, 6) is 1.78. The second-order valence-electron chi connectivity index (χ2n) is 7.33. The fourth-order valence-electron chi connectivity index (χ4n) is 3.48. The molecule has 1 fully saturated rings. The van der Waals surface area contributed by atoms with E-state index in [0.29, 0.717) is 11.5 Å². The van der Waals surface area contributed by atoms with Crippen molar-refractivity contribution < 1.29 is 4.74 Å². The van der Waals surface area contributed by atoms with E-state index in [0.717, 1.165) is 31.2 Å². The third-order valence-corrected chi connectivity index (χ3v) is 4.62. The van der Waals surface area contributed by atoms with Crippen molar-refractivity contribution in [1.82, 2.24) is 5.32 Å². The van der Waals surface area contributed by atoms with Crippen molar-refractivity contribution in [1.29, 1.82) is 0 Å². The third kappa shape index (κ3) is 5.35. The average Bonchev–Trinajstić information content (AvgIpc) is 2.47. The van der Waals surface area contributed by atoms with Gasteiger partial charge in [-0.1, -0.05) is 51.8 Å². The highest BCUT2D eigenvalue weighted by molar-refractivity contribution is 5.20. The topological polar surface area (TPSA) is 21.3 Å². The zero-order chi connectivity index (χ0) is 15.1. The predicted molar refractivity (Wildman–Crippen MR) is 89.8 cm³/mol. The highest BCUT2D eigenvalue weighted by atomic mass is 16.5. The smallest absolute Gasteiger partial charge is 0.119 e. The van der Waals surface area contributed by atoms with Crippen LogP contribution in [-0.2, 0) is 0 Å². The van der Waals surface area contributed by atoms with Gasteiger partial charge in [-0.15, -0.1) is 0 Å². The standard InChI is InChI=1S/C19H31NO/c1-19(2,3)17-12-7-8-13-18(17)20-14-9-15-21-16-10-5-4-6-11-16/h4-6,10-11,17-18,20H,7-9,12-15H2,1-3H3. The van der Waals surface area contributed by atoms with Gasteiger partial charge in [-0.25, -0.2) is 0 Å². The van der Waals surface area contributed by atoms with Gasteiger partial charge >= 0.3 is 0 Å². The fraction of sp³-hybridized carbons (Fsp3) is 0.684. The van der Waals surface area contributed by atoms with Crippen LogP contribution < -0.4 is 10.1 Å². The molecule has 1 aromatic carbocycles. The zero-order valence-electron chi connectivity index (χ0n) is 13.9. The van der Waals surface area contributed by atoms with Crippen LogP contribution in [0.2, 0.25) is 0 Å². The molecule has 2 unspecified atom stereocenters. The fourth-order valence-corrected chi connectivity index (χ4v) is 3.48. The highest BCUT2D eigenvalue weighted by Crippen LogP contribution is 2.37. The van der Waals surface area contributed by atoms with E-state index in [9.17, 15) is 0 Å². The first-order valence-electron chi connectivity index (χ1n) is 8.48. The first-order chi connectivity index (χ1) is 10.1. The van der Waals surface area contributed by atoms with Gasteiger partial charge in [-0.05, 0) is 49.3 Å². The van der Waals surface area contributed by atoms with Gasteiger partial charge in [-0.2, -0.15) is 0 Å². The molecular weight excluding hydrogens is 258 g/mol. The molecule has 0 amide bonds. The lowest BCUT2D eigenvalue weighted by molar-refractivity contribution is 0.130. The molecule has 1 aromatic rings. The van der Waals surface area contributed by atoms with Crippen molar-refractivity contribution in [3.63, 3.8) is 0 Å². The van der Waals surface area contributed by atoms with Gasteiger partial charge in [0.1, 0.15) is 5.75 Å². The van der Waals surface area contributed by atoms with E-state index < -0.39 is 0 Å². The molecule has 2 heteroatoms. The molecule has 0 aromatic heterocycles. The van der Waals surface area contributed by atoms with E-state index in [1.54, 1.807) is 0 Å². The molecule has 21 heavy (non-hydrogen) atoms. The Morgan fingerprint density at radius 1 is 1.10 bits per heavy atom. The predicted octanol–water partition coefficient (Wildman–Crippen LogP) is 4.65. The summed E-state index contributed by atoms with van der Waals surface area (Å²) in [7, 11) is 0. The van der Waals surface area contributed by atoms with Crippen LogP contribution in [0.15, 0.2) is 30.3 Å². The molecule has 0 aliphatic heterocycles. The van der Waals surface area contributed by atoms with Gasteiger partial charge in [0, 0.05) is 6.04 Å². The Balaban J connectivity index is 1.67. The molecule has 1 aliphatic rings. The quantitative estimate of drug-likeness (QED) is 0.770. The summed E-state index contributed by atoms with van der Waals surface area (Å²) in [6.07, 6.45) is 6.56. The Bertz CT molecular complexity index is 396. The number of para-hydroxylation sites is 1. The minimum Gasteiger partial charge on any atom is -0.494 e. The van der Waals surface area contributed by atoms with Crippen LogP contribution in [0, 0.1) is 11.3 Å². The summed E-state index contributed by atoms with van der Waals surface area (Å²) in [6.45, 7) is 9.01. The summed E-state index contributed by atoms with van der Waals surface area (Å²) in [6, 6.07) is 10.8. The molecule has 1 saturated carbocycles. The van der Waals surface area contributed by atoms with E-state index in [4.69, 9.17) is 4.74 Å². The first kappa shape index (κ1) is 16.4. The molecule has 0 radical (unpaired) electrons. The van der Waals surface area contributed by atoms with Gasteiger partial charge in [0.2, 0.25) is 0 Å². The molecule has 1 N–H and O–H groups in total. The SMILES string of the molecule is CC(C)(C)C1CCCCC1NCCCOc1ccccc1. The molecule has 0 saturated heterocycles. The summed E-state index contributed by atoms with van der Waals surface area (Å²) < 4.78 is 5.75. The Kier molecular flexibility index (Phi) is 6.10. The van der Waals surface area contributed by atoms with Crippen LogP contribution in [0.3, 0.4) is 0 Å². The maximum Gasteiger partial charge on any atom is 0.119 e. The van der Waals surface area contributed by atoms with Crippen LogP contribution in [0.4, 0.5) is 0 Å². The highest BCUT2D eigenvalue weighted by Gasteiger charge is 2.33. The Labute approximate surface area is 130 Å². The molecular formula is C19H31NO. The number of ether oxygens (including phenoxy) is 1. The summed E-state index contributed by atoms with van der Waals surface area (Å²) in [5.41, 5.74) is 0.415. The summed E-state index contributed by atoms with van der Waals surface area (Å²) in [4.78, 5) is 0. The molecule has 2 atom stereocenters. The molecule has 118 valence electrons. The van der Waals surface area contributed by atoms with E-state index in [-0.39, 0.29) is 0 Å². The lowest BCUT2D eigenvalue weighted by atomic mass is 9.69. The lowest BCUT2D eigenvalue weighted by Crippen LogP contribution is -2.44. The lowest BCUT2D eigenvalue weighted by Gasteiger charge is -2.41. The van der Waals surface area contributed by atoms with Crippen molar-refractivity contribution >= 4 is 0 Å². The van der Waals surface area contributed by atoms with Crippen LogP contribution in [0.1, 0.15) is 52.9 Å². The van der Waals surface area contributed by atoms with Crippen molar-refractivity contribution in [2.24, 2.45) is 11.3 Å². The van der Waals surface area contributed by atoms with Gasteiger partial charge in [0.05, 0.1) is 6.61 Å². The van der Waals surface area contributed by atoms with Crippen LogP contribution in [0.5, 0.6) is 5.75 Å². The third-order valence-electron chi connectivity index (χ3n) is 4.62. The second kappa shape index (κ2) is 7.84. The van der Waals surface area contributed by atoms with Crippen molar-refractivity contribution in [3.05, 3.63) is 30.3 Å². The van der Waals surface area contributed by atoms with Gasteiger partial charge in [0.15, 0.2) is 0 Å². The molecule has 0 bridgehead atoms. The van der Waals surface area contributed by atoms with Crippen LogP contribution in [-0.4, -0.2) is 19.2 Å². The number of rotatable bonds is 6. The molecule has 0 spiro atoms. The minimum absolute atomic E-state index is 0.415. The van der Waals surface area contributed by atoms with Gasteiger partial charge < -0.3 is 10.1 Å². The normalized spacial score (nSPS) is 23.0. The first-order valence-corrected chi connectivity index (χ1v) is 8.48. The van der Waals surface area contributed by atoms with Gasteiger partial charge in [-0.3, -0.25) is 0 Å². The number of benzene rings is 1. The molecule has 1 aliphatic carbocycles. The van der Waals surface area contributed by atoms with Crippen molar-refractivity contribution in [2.45, 2.75) is 58.9 Å². The largest absolute Gasteiger partial charge is 0.494 e. The number of hydrogen-bond acceptors (Lipinski definition) is 2. The number of hydrogen-bond donors (Lipinski definition) is 1. The van der Waals surface area contributed by atoms with Gasteiger partial charge in [0.25, 0.3) is 0 Å². The average molecular weight is 289 g/mol. The monoisotopic (exact) mass is 289 g/mol.